The van der Waals surface area contributed by atoms with Crippen molar-refractivity contribution in [3.05, 3.63) is 84.2 Å². The Morgan fingerprint density at radius 3 is 2.35 bits per heavy atom. The van der Waals surface area contributed by atoms with Crippen LogP contribution in [0.4, 0.5) is 10.1 Å². The molecule has 4 aromatic rings. The van der Waals surface area contributed by atoms with Gasteiger partial charge in [0.15, 0.2) is 0 Å². The van der Waals surface area contributed by atoms with Gasteiger partial charge in [-0.05, 0) is 66.7 Å². The largest absolute Gasteiger partial charge is 0.496 e. The molecule has 0 saturated heterocycles. The Balaban J connectivity index is 1.71. The highest BCUT2D eigenvalue weighted by Gasteiger charge is 2.16. The summed E-state index contributed by atoms with van der Waals surface area (Å²) in [6.45, 7) is 0. The molecule has 1 heterocycles. The van der Waals surface area contributed by atoms with Gasteiger partial charge < -0.3 is 4.74 Å². The fourth-order valence-corrected chi connectivity index (χ4v) is 4.17. The van der Waals surface area contributed by atoms with Gasteiger partial charge in [0.05, 0.1) is 34.8 Å². The van der Waals surface area contributed by atoms with E-state index in [1.54, 1.807) is 36.4 Å². The van der Waals surface area contributed by atoms with Crippen molar-refractivity contribution in [3.8, 4) is 23.1 Å². The Bertz CT molecular complexity index is 1410. The standard InChI is InChI=1S/C23H16FN3O3S/c1-30-23-13-22(16-4-6-17(24)7-5-16)26-21-11-8-18(12-20(21)23)27-31(28,29)19-9-2-15(14-25)3-10-19/h2-13,27H,1H3. The maximum atomic E-state index is 13.2. The van der Waals surface area contributed by atoms with Crippen LogP contribution in [0.2, 0.25) is 0 Å². The van der Waals surface area contributed by atoms with E-state index in [9.17, 15) is 12.8 Å². The number of rotatable bonds is 5. The van der Waals surface area contributed by atoms with Gasteiger partial charge in [-0.15, -0.1) is 0 Å². The molecular formula is C23H16FN3O3S. The average Bonchev–Trinajstić information content (AvgIpc) is 2.78. The number of hydrogen-bond acceptors (Lipinski definition) is 5. The molecule has 8 heteroatoms. The Hall–Kier alpha value is -3.96. The van der Waals surface area contributed by atoms with Crippen LogP contribution in [0.5, 0.6) is 5.75 Å². The number of nitrogens with zero attached hydrogens (tertiary/aromatic N) is 2. The van der Waals surface area contributed by atoms with Crippen molar-refractivity contribution in [1.82, 2.24) is 4.98 Å². The minimum absolute atomic E-state index is 0.0448. The number of nitriles is 1. The predicted molar refractivity (Wildman–Crippen MR) is 116 cm³/mol. The number of ether oxygens (including phenoxy) is 1. The van der Waals surface area contributed by atoms with Gasteiger partial charge in [0.1, 0.15) is 11.6 Å². The Labute approximate surface area is 178 Å². The average molecular weight is 433 g/mol. The molecule has 154 valence electrons. The van der Waals surface area contributed by atoms with Crippen LogP contribution in [0.1, 0.15) is 5.56 Å². The summed E-state index contributed by atoms with van der Waals surface area (Å²) in [4.78, 5) is 4.63. The molecule has 0 unspecified atom stereocenters. The highest BCUT2D eigenvalue weighted by molar-refractivity contribution is 7.92. The molecule has 0 aliphatic carbocycles. The molecule has 0 amide bonds. The molecule has 0 aliphatic rings. The van der Waals surface area contributed by atoms with Gasteiger partial charge in [0.25, 0.3) is 10.0 Å². The van der Waals surface area contributed by atoms with Crippen molar-refractivity contribution in [2.75, 3.05) is 11.8 Å². The van der Waals surface area contributed by atoms with Crippen LogP contribution in [0.25, 0.3) is 22.2 Å². The third-order valence-electron chi connectivity index (χ3n) is 4.68. The number of hydrogen-bond donors (Lipinski definition) is 1. The molecule has 0 aliphatic heterocycles. The molecule has 0 bridgehead atoms. The maximum Gasteiger partial charge on any atom is 0.261 e. The number of pyridine rings is 1. The molecule has 1 N–H and O–H groups in total. The van der Waals surface area contributed by atoms with Crippen molar-refractivity contribution in [1.29, 1.82) is 5.26 Å². The van der Waals surface area contributed by atoms with Crippen LogP contribution in [0, 0.1) is 17.1 Å². The van der Waals surface area contributed by atoms with Crippen molar-refractivity contribution in [2.24, 2.45) is 0 Å². The molecule has 0 atom stereocenters. The van der Waals surface area contributed by atoms with Crippen LogP contribution >= 0.6 is 0 Å². The van der Waals surface area contributed by atoms with Gasteiger partial charge >= 0.3 is 0 Å². The molecule has 1 aromatic heterocycles. The van der Waals surface area contributed by atoms with Crippen molar-refractivity contribution >= 4 is 26.6 Å². The second-order valence-corrected chi connectivity index (χ2v) is 8.37. The highest BCUT2D eigenvalue weighted by atomic mass is 32.2. The summed E-state index contributed by atoms with van der Waals surface area (Å²) < 4.78 is 46.6. The molecule has 3 aromatic carbocycles. The second-order valence-electron chi connectivity index (χ2n) is 6.69. The van der Waals surface area contributed by atoms with E-state index < -0.39 is 10.0 Å². The van der Waals surface area contributed by atoms with E-state index in [1.807, 2.05) is 6.07 Å². The van der Waals surface area contributed by atoms with Gasteiger partial charge in [0, 0.05) is 22.7 Å². The first-order valence-corrected chi connectivity index (χ1v) is 10.7. The topological polar surface area (TPSA) is 92.1 Å². The number of sulfonamides is 1. The van der Waals surface area contributed by atoms with Crippen molar-refractivity contribution in [2.45, 2.75) is 4.90 Å². The zero-order valence-electron chi connectivity index (χ0n) is 16.3. The number of halogens is 1. The zero-order chi connectivity index (χ0) is 22.0. The first-order valence-electron chi connectivity index (χ1n) is 9.17. The molecule has 4 rings (SSSR count). The van der Waals surface area contributed by atoms with Crippen LogP contribution in [-0.4, -0.2) is 20.5 Å². The van der Waals surface area contributed by atoms with Gasteiger partial charge in [-0.3, -0.25) is 4.72 Å². The second kappa shape index (κ2) is 8.05. The summed E-state index contributed by atoms with van der Waals surface area (Å²) in [5.74, 6) is 0.166. The summed E-state index contributed by atoms with van der Waals surface area (Å²) in [5, 5.41) is 9.49. The highest BCUT2D eigenvalue weighted by Crippen LogP contribution is 2.32. The summed E-state index contributed by atoms with van der Waals surface area (Å²) in [6.07, 6.45) is 0. The third kappa shape index (κ3) is 4.17. The molecular weight excluding hydrogens is 417 g/mol. The van der Waals surface area contributed by atoms with Crippen LogP contribution in [0.3, 0.4) is 0 Å². The lowest BCUT2D eigenvalue weighted by Gasteiger charge is -2.12. The molecule has 31 heavy (non-hydrogen) atoms. The summed E-state index contributed by atoms with van der Waals surface area (Å²) in [6, 6.07) is 20.2. The molecule has 6 nitrogen and oxygen atoms in total. The zero-order valence-corrected chi connectivity index (χ0v) is 17.2. The van der Waals surface area contributed by atoms with E-state index in [0.29, 0.717) is 33.6 Å². The van der Waals surface area contributed by atoms with Crippen LogP contribution < -0.4 is 9.46 Å². The van der Waals surface area contributed by atoms with Crippen LogP contribution in [-0.2, 0) is 10.0 Å². The lowest BCUT2D eigenvalue weighted by atomic mass is 10.1. The normalized spacial score (nSPS) is 11.1. The minimum atomic E-state index is -3.84. The first-order chi connectivity index (χ1) is 14.9. The van der Waals surface area contributed by atoms with E-state index in [0.717, 1.165) is 5.56 Å². The van der Waals surface area contributed by atoms with Crippen molar-refractivity contribution in [3.63, 3.8) is 0 Å². The monoisotopic (exact) mass is 433 g/mol. The predicted octanol–water partition coefficient (Wildman–Crippen LogP) is 4.72. The minimum Gasteiger partial charge on any atom is -0.496 e. The fraction of sp³-hybridized carbons (Fsp3) is 0.0435. The SMILES string of the molecule is COc1cc(-c2ccc(F)cc2)nc2ccc(NS(=O)(=O)c3ccc(C#N)cc3)cc12. The first kappa shape index (κ1) is 20.3. The number of methoxy groups -OCH3 is 1. The Kier molecular flexibility index (Phi) is 5.28. The number of nitrogens with one attached hydrogen (secondary N) is 1. The fourth-order valence-electron chi connectivity index (χ4n) is 3.12. The molecule has 0 fully saturated rings. The van der Waals surface area contributed by atoms with E-state index >= 15 is 0 Å². The third-order valence-corrected chi connectivity index (χ3v) is 6.07. The van der Waals surface area contributed by atoms with E-state index in [4.69, 9.17) is 10.00 Å². The smallest absolute Gasteiger partial charge is 0.261 e. The molecule has 0 radical (unpaired) electrons. The van der Waals surface area contributed by atoms with Gasteiger partial charge in [0.2, 0.25) is 0 Å². The lowest BCUT2D eigenvalue weighted by molar-refractivity contribution is 0.419. The number of aromatic nitrogens is 1. The number of benzene rings is 3. The quantitative estimate of drug-likeness (QED) is 0.492. The molecule has 0 spiro atoms. The van der Waals surface area contributed by atoms with Crippen LogP contribution in [0.15, 0.2) is 77.7 Å². The van der Waals surface area contributed by atoms with Gasteiger partial charge in [-0.25, -0.2) is 17.8 Å². The summed E-state index contributed by atoms with van der Waals surface area (Å²) in [7, 11) is -2.33. The van der Waals surface area contributed by atoms with Gasteiger partial charge in [-0.2, -0.15) is 5.26 Å². The number of anilines is 1. The van der Waals surface area contributed by atoms with E-state index in [2.05, 4.69) is 9.71 Å². The maximum absolute atomic E-state index is 13.2. The van der Waals surface area contributed by atoms with Gasteiger partial charge in [-0.1, -0.05) is 0 Å². The number of fused-ring (bicyclic) bond motifs is 1. The van der Waals surface area contributed by atoms with E-state index in [1.165, 1.54) is 43.5 Å². The Morgan fingerprint density at radius 2 is 1.71 bits per heavy atom. The summed E-state index contributed by atoms with van der Waals surface area (Å²) in [5.41, 5.74) is 2.64. The molecule has 0 saturated carbocycles. The van der Waals surface area contributed by atoms with Crippen molar-refractivity contribution < 1.29 is 17.5 Å². The summed E-state index contributed by atoms with van der Waals surface area (Å²) >= 11 is 0. The van der Waals surface area contributed by atoms with E-state index in [-0.39, 0.29) is 10.7 Å². The lowest BCUT2D eigenvalue weighted by Crippen LogP contribution is -2.12. The Morgan fingerprint density at radius 1 is 1.00 bits per heavy atom.